The number of likely N-dealkylation sites (tertiary alicyclic amines) is 1. The minimum atomic E-state index is 0.165. The van der Waals surface area contributed by atoms with Crippen LogP contribution in [0.4, 0.5) is 4.79 Å². The minimum Gasteiger partial charge on any atom is -0.338 e. The van der Waals surface area contributed by atoms with E-state index >= 15 is 0 Å². The van der Waals surface area contributed by atoms with Crippen molar-refractivity contribution in [3.8, 4) is 0 Å². The van der Waals surface area contributed by atoms with Crippen molar-refractivity contribution in [3.63, 3.8) is 0 Å². The van der Waals surface area contributed by atoms with Crippen LogP contribution in [0.15, 0.2) is 0 Å². The number of carbonyl (C=O) groups is 1. The van der Waals surface area contributed by atoms with Crippen LogP contribution < -0.4 is 5.32 Å². The molecule has 0 aromatic heterocycles. The Bertz CT molecular complexity index is 218. The normalized spacial score (nSPS) is 22.4. The third kappa shape index (κ3) is 3.39. The monoisotopic (exact) mass is 224 g/mol. The smallest absolute Gasteiger partial charge is 0.317 e. The van der Waals surface area contributed by atoms with Crippen molar-refractivity contribution in [1.82, 2.24) is 10.2 Å². The molecule has 2 rings (SSSR count). The zero-order valence-electron chi connectivity index (χ0n) is 10.2. The number of carbonyl (C=O) groups excluding carboxylic acids is 1. The van der Waals surface area contributed by atoms with Crippen LogP contribution in [0.3, 0.4) is 0 Å². The molecule has 2 amide bonds. The fourth-order valence-corrected chi connectivity index (χ4v) is 2.89. The van der Waals surface area contributed by atoms with Crippen molar-refractivity contribution in [2.24, 2.45) is 5.92 Å². The highest BCUT2D eigenvalue weighted by Gasteiger charge is 2.17. The number of amides is 2. The number of rotatable bonds is 3. The predicted octanol–water partition coefficient (Wildman–Crippen LogP) is 2.76. The average molecular weight is 224 g/mol. The standard InChI is InChI=1S/C13H24N2O/c16-13(15-10-4-1-5-11-15)14-9-8-12-6-2-3-7-12/h12H,1-11H2,(H,14,16). The minimum absolute atomic E-state index is 0.165. The average Bonchev–Trinajstić information content (AvgIpc) is 2.83. The molecule has 16 heavy (non-hydrogen) atoms. The Balaban J connectivity index is 1.59. The van der Waals surface area contributed by atoms with Crippen molar-refractivity contribution < 1.29 is 4.79 Å². The van der Waals surface area contributed by atoms with Crippen LogP contribution in [-0.2, 0) is 0 Å². The van der Waals surface area contributed by atoms with Gasteiger partial charge in [-0.2, -0.15) is 0 Å². The molecule has 0 unspecified atom stereocenters. The van der Waals surface area contributed by atoms with Crippen LogP contribution in [0.2, 0.25) is 0 Å². The van der Waals surface area contributed by atoms with E-state index in [4.69, 9.17) is 0 Å². The molecule has 0 aromatic carbocycles. The molecular weight excluding hydrogens is 200 g/mol. The summed E-state index contributed by atoms with van der Waals surface area (Å²) in [5.74, 6) is 0.877. The molecule has 0 aromatic rings. The molecule has 0 spiro atoms. The van der Waals surface area contributed by atoms with E-state index in [0.29, 0.717) is 0 Å². The first-order chi connectivity index (χ1) is 7.86. The first-order valence-electron chi connectivity index (χ1n) is 6.89. The van der Waals surface area contributed by atoms with Crippen LogP contribution in [0.1, 0.15) is 51.4 Å². The summed E-state index contributed by atoms with van der Waals surface area (Å²) in [6.45, 7) is 2.78. The molecule has 1 aliphatic heterocycles. The molecule has 1 saturated carbocycles. The van der Waals surface area contributed by atoms with Gasteiger partial charge in [-0.15, -0.1) is 0 Å². The van der Waals surface area contributed by atoms with Crippen molar-refractivity contribution in [1.29, 1.82) is 0 Å². The summed E-state index contributed by atoms with van der Waals surface area (Å²) in [5.41, 5.74) is 0. The van der Waals surface area contributed by atoms with Crippen molar-refractivity contribution in [2.75, 3.05) is 19.6 Å². The van der Waals surface area contributed by atoms with Crippen LogP contribution in [0.5, 0.6) is 0 Å². The molecular formula is C13H24N2O. The first kappa shape index (κ1) is 11.7. The largest absolute Gasteiger partial charge is 0.338 e. The number of hydrogen-bond donors (Lipinski definition) is 1. The van der Waals surface area contributed by atoms with E-state index in [1.54, 1.807) is 0 Å². The molecule has 1 saturated heterocycles. The van der Waals surface area contributed by atoms with Gasteiger partial charge >= 0.3 is 6.03 Å². The second kappa shape index (κ2) is 6.12. The van der Waals surface area contributed by atoms with E-state index in [-0.39, 0.29) is 6.03 Å². The van der Waals surface area contributed by atoms with E-state index in [1.165, 1.54) is 51.4 Å². The zero-order chi connectivity index (χ0) is 11.2. The van der Waals surface area contributed by atoms with Gasteiger partial charge in [0.25, 0.3) is 0 Å². The SMILES string of the molecule is O=C(NCCC1CCCC1)N1CCCCC1. The van der Waals surface area contributed by atoms with Gasteiger partial charge in [0.15, 0.2) is 0 Å². The molecule has 1 heterocycles. The maximum Gasteiger partial charge on any atom is 0.317 e. The maximum atomic E-state index is 11.8. The van der Waals surface area contributed by atoms with Crippen LogP contribution in [0.25, 0.3) is 0 Å². The molecule has 92 valence electrons. The topological polar surface area (TPSA) is 32.3 Å². The third-order valence-corrected chi connectivity index (χ3v) is 3.95. The number of piperidine rings is 1. The predicted molar refractivity (Wildman–Crippen MR) is 65.4 cm³/mol. The van der Waals surface area contributed by atoms with E-state index in [1.807, 2.05) is 4.90 Å². The summed E-state index contributed by atoms with van der Waals surface area (Å²) in [6.07, 6.45) is 10.4. The van der Waals surface area contributed by atoms with Gasteiger partial charge in [-0.3, -0.25) is 0 Å². The van der Waals surface area contributed by atoms with Gasteiger partial charge < -0.3 is 10.2 Å². The summed E-state index contributed by atoms with van der Waals surface area (Å²) < 4.78 is 0. The van der Waals surface area contributed by atoms with Gasteiger partial charge in [-0.05, 0) is 31.6 Å². The number of hydrogen-bond acceptors (Lipinski definition) is 1. The quantitative estimate of drug-likeness (QED) is 0.785. The van der Waals surface area contributed by atoms with E-state index < -0.39 is 0 Å². The van der Waals surface area contributed by atoms with Crippen molar-refractivity contribution >= 4 is 6.03 Å². The van der Waals surface area contributed by atoms with Gasteiger partial charge in [0, 0.05) is 19.6 Å². The molecule has 3 heteroatoms. The van der Waals surface area contributed by atoms with Crippen LogP contribution >= 0.6 is 0 Å². The van der Waals surface area contributed by atoms with Gasteiger partial charge in [-0.25, -0.2) is 4.79 Å². The number of urea groups is 1. The molecule has 0 bridgehead atoms. The number of nitrogens with one attached hydrogen (secondary N) is 1. The highest BCUT2D eigenvalue weighted by Crippen LogP contribution is 2.26. The molecule has 2 fully saturated rings. The number of nitrogens with zero attached hydrogens (tertiary/aromatic N) is 1. The lowest BCUT2D eigenvalue weighted by Gasteiger charge is -2.27. The Morgan fingerprint density at radius 2 is 1.75 bits per heavy atom. The van der Waals surface area contributed by atoms with Gasteiger partial charge in [0.1, 0.15) is 0 Å². The molecule has 1 aliphatic carbocycles. The second-order valence-corrected chi connectivity index (χ2v) is 5.22. The first-order valence-corrected chi connectivity index (χ1v) is 6.89. The summed E-state index contributed by atoms with van der Waals surface area (Å²) >= 11 is 0. The van der Waals surface area contributed by atoms with Crippen LogP contribution in [-0.4, -0.2) is 30.6 Å². The Labute approximate surface area is 98.6 Å². The van der Waals surface area contributed by atoms with Gasteiger partial charge in [0.05, 0.1) is 0 Å². The van der Waals surface area contributed by atoms with Gasteiger partial charge in [-0.1, -0.05) is 25.7 Å². The fourth-order valence-electron chi connectivity index (χ4n) is 2.89. The van der Waals surface area contributed by atoms with Crippen LogP contribution in [0, 0.1) is 5.92 Å². The third-order valence-electron chi connectivity index (χ3n) is 3.95. The van der Waals surface area contributed by atoms with Crippen molar-refractivity contribution in [2.45, 2.75) is 51.4 Å². The molecule has 3 nitrogen and oxygen atoms in total. The van der Waals surface area contributed by atoms with Crippen molar-refractivity contribution in [3.05, 3.63) is 0 Å². The van der Waals surface area contributed by atoms with E-state index in [0.717, 1.165) is 25.6 Å². The maximum absolute atomic E-state index is 11.8. The van der Waals surface area contributed by atoms with E-state index in [2.05, 4.69) is 5.32 Å². The zero-order valence-corrected chi connectivity index (χ0v) is 10.2. The summed E-state index contributed by atoms with van der Waals surface area (Å²) in [5, 5.41) is 3.07. The highest BCUT2D eigenvalue weighted by molar-refractivity contribution is 5.74. The molecule has 0 atom stereocenters. The van der Waals surface area contributed by atoms with Gasteiger partial charge in [0.2, 0.25) is 0 Å². The Kier molecular flexibility index (Phi) is 4.49. The lowest BCUT2D eigenvalue weighted by atomic mass is 10.0. The molecule has 2 aliphatic rings. The Hall–Kier alpha value is -0.730. The lowest BCUT2D eigenvalue weighted by Crippen LogP contribution is -2.43. The summed E-state index contributed by atoms with van der Waals surface area (Å²) in [7, 11) is 0. The van der Waals surface area contributed by atoms with E-state index in [9.17, 15) is 4.79 Å². The summed E-state index contributed by atoms with van der Waals surface area (Å²) in [6, 6.07) is 0.165. The summed E-state index contributed by atoms with van der Waals surface area (Å²) in [4.78, 5) is 13.8. The fraction of sp³-hybridized carbons (Fsp3) is 0.923. The Morgan fingerprint density at radius 1 is 1.06 bits per heavy atom. The molecule has 1 N–H and O–H groups in total. The highest BCUT2D eigenvalue weighted by atomic mass is 16.2. The Morgan fingerprint density at radius 3 is 2.44 bits per heavy atom. The lowest BCUT2D eigenvalue weighted by molar-refractivity contribution is 0.186. The molecule has 0 radical (unpaired) electrons. The second-order valence-electron chi connectivity index (χ2n) is 5.22.